The van der Waals surface area contributed by atoms with Crippen LogP contribution in [0.15, 0.2) is 30.6 Å². The highest BCUT2D eigenvalue weighted by atomic mass is 19.2. The average Bonchev–Trinajstić information content (AvgIpc) is 3.00. The molecule has 116 valence electrons. The summed E-state index contributed by atoms with van der Waals surface area (Å²) in [7, 11) is 1.79. The Kier molecular flexibility index (Phi) is 4.29. The van der Waals surface area contributed by atoms with Crippen molar-refractivity contribution < 1.29 is 8.78 Å². The molecule has 1 aliphatic heterocycles. The monoisotopic (exact) mass is 304 g/mol. The molecule has 2 heterocycles. The Morgan fingerprint density at radius 1 is 1.32 bits per heavy atom. The molecule has 1 aromatic carbocycles. The zero-order chi connectivity index (χ0) is 15.5. The minimum absolute atomic E-state index is 0.0865. The average molecular weight is 304 g/mol. The van der Waals surface area contributed by atoms with Gasteiger partial charge in [0, 0.05) is 19.2 Å². The van der Waals surface area contributed by atoms with E-state index in [0.29, 0.717) is 17.9 Å². The summed E-state index contributed by atoms with van der Waals surface area (Å²) >= 11 is 0. The fourth-order valence-electron chi connectivity index (χ4n) is 2.90. The normalized spacial score (nSPS) is 18.6. The van der Waals surface area contributed by atoms with Crippen LogP contribution in [-0.4, -0.2) is 28.5 Å². The lowest BCUT2D eigenvalue weighted by molar-refractivity contribution is 0.239. The van der Waals surface area contributed by atoms with Crippen LogP contribution in [0.3, 0.4) is 0 Å². The van der Waals surface area contributed by atoms with Crippen molar-refractivity contribution in [2.24, 2.45) is 0 Å². The van der Waals surface area contributed by atoms with Gasteiger partial charge in [0.1, 0.15) is 5.82 Å². The largest absolute Gasteiger partial charge is 0.372 e. The number of halogens is 2. The Morgan fingerprint density at radius 3 is 3.00 bits per heavy atom. The highest BCUT2D eigenvalue weighted by Gasteiger charge is 2.28. The van der Waals surface area contributed by atoms with Gasteiger partial charge in [0.15, 0.2) is 11.6 Å². The minimum atomic E-state index is -0.801. The molecule has 0 saturated carbocycles. The van der Waals surface area contributed by atoms with E-state index < -0.39 is 11.6 Å². The van der Waals surface area contributed by atoms with Gasteiger partial charge in [-0.25, -0.2) is 13.8 Å². The molecule has 6 heteroatoms. The van der Waals surface area contributed by atoms with Crippen molar-refractivity contribution in [2.45, 2.75) is 25.4 Å². The van der Waals surface area contributed by atoms with Gasteiger partial charge in [-0.05, 0) is 25.5 Å². The quantitative estimate of drug-likeness (QED) is 0.942. The Hall–Kier alpha value is -2.08. The van der Waals surface area contributed by atoms with E-state index in [2.05, 4.69) is 20.2 Å². The van der Waals surface area contributed by atoms with Crippen LogP contribution in [-0.2, 0) is 6.54 Å². The van der Waals surface area contributed by atoms with E-state index in [1.165, 1.54) is 0 Å². The number of hydrogen-bond donors (Lipinski definition) is 1. The summed E-state index contributed by atoms with van der Waals surface area (Å²) in [4.78, 5) is 10.8. The van der Waals surface area contributed by atoms with Gasteiger partial charge in [-0.2, -0.15) is 0 Å². The third kappa shape index (κ3) is 2.92. The molecule has 0 radical (unpaired) electrons. The maximum Gasteiger partial charge on any atom is 0.163 e. The first-order valence-corrected chi connectivity index (χ1v) is 7.35. The molecule has 0 spiro atoms. The minimum Gasteiger partial charge on any atom is -0.372 e. The molecule has 1 N–H and O–H groups in total. The van der Waals surface area contributed by atoms with Crippen molar-refractivity contribution in [3.05, 3.63) is 53.5 Å². The maximum absolute atomic E-state index is 13.9. The number of nitrogens with one attached hydrogen (secondary N) is 1. The fraction of sp³-hybridized carbons (Fsp3) is 0.375. The molecular weight excluding hydrogens is 286 g/mol. The lowest BCUT2D eigenvalue weighted by Crippen LogP contribution is -2.24. The molecule has 0 amide bonds. The van der Waals surface area contributed by atoms with Crippen LogP contribution in [0, 0.1) is 11.6 Å². The van der Waals surface area contributed by atoms with Crippen molar-refractivity contribution in [1.82, 2.24) is 14.9 Å². The van der Waals surface area contributed by atoms with E-state index in [-0.39, 0.29) is 6.04 Å². The molecular formula is C16H18F2N4. The van der Waals surface area contributed by atoms with Crippen LogP contribution in [0.5, 0.6) is 0 Å². The Balaban J connectivity index is 1.82. The van der Waals surface area contributed by atoms with Crippen molar-refractivity contribution in [3.63, 3.8) is 0 Å². The van der Waals surface area contributed by atoms with Crippen molar-refractivity contribution >= 4 is 5.82 Å². The highest BCUT2D eigenvalue weighted by molar-refractivity contribution is 5.31. The zero-order valence-electron chi connectivity index (χ0n) is 12.4. The number of hydrogen-bond acceptors (Lipinski definition) is 4. The van der Waals surface area contributed by atoms with Gasteiger partial charge >= 0.3 is 0 Å². The summed E-state index contributed by atoms with van der Waals surface area (Å²) in [5.74, 6) is -0.852. The van der Waals surface area contributed by atoms with Crippen LogP contribution in [0.1, 0.15) is 30.1 Å². The van der Waals surface area contributed by atoms with E-state index in [1.807, 2.05) is 0 Å². The summed E-state index contributed by atoms with van der Waals surface area (Å²) in [6.45, 7) is 1.21. The van der Waals surface area contributed by atoms with Crippen molar-refractivity contribution in [3.8, 4) is 0 Å². The van der Waals surface area contributed by atoms with Crippen LogP contribution < -0.4 is 5.32 Å². The van der Waals surface area contributed by atoms with Crippen LogP contribution >= 0.6 is 0 Å². The topological polar surface area (TPSA) is 41.1 Å². The van der Waals surface area contributed by atoms with Gasteiger partial charge in [-0.1, -0.05) is 12.1 Å². The Morgan fingerprint density at radius 2 is 2.18 bits per heavy atom. The molecule has 1 aromatic heterocycles. The number of aromatic nitrogens is 2. The third-order valence-corrected chi connectivity index (χ3v) is 4.02. The fourth-order valence-corrected chi connectivity index (χ4v) is 2.90. The summed E-state index contributed by atoms with van der Waals surface area (Å²) in [6, 6.07) is 4.40. The molecule has 1 saturated heterocycles. The van der Waals surface area contributed by atoms with Crippen molar-refractivity contribution in [2.75, 3.05) is 18.9 Å². The number of likely N-dealkylation sites (tertiary alicyclic amines) is 1. The molecule has 0 unspecified atom stereocenters. The predicted octanol–water partition coefficient (Wildman–Crippen LogP) is 3.13. The van der Waals surface area contributed by atoms with E-state index in [4.69, 9.17) is 0 Å². The second-order valence-electron chi connectivity index (χ2n) is 5.42. The summed E-state index contributed by atoms with van der Waals surface area (Å²) in [6.07, 6.45) is 5.35. The van der Waals surface area contributed by atoms with Gasteiger partial charge in [0.2, 0.25) is 0 Å². The van der Waals surface area contributed by atoms with Gasteiger partial charge in [0.25, 0.3) is 0 Å². The van der Waals surface area contributed by atoms with Crippen molar-refractivity contribution in [1.29, 1.82) is 0 Å². The van der Waals surface area contributed by atoms with E-state index in [1.54, 1.807) is 31.6 Å². The molecule has 0 bridgehead atoms. The van der Waals surface area contributed by atoms with E-state index in [9.17, 15) is 8.78 Å². The summed E-state index contributed by atoms with van der Waals surface area (Å²) < 4.78 is 27.2. The van der Waals surface area contributed by atoms with Gasteiger partial charge in [-0.3, -0.25) is 9.88 Å². The lowest BCUT2D eigenvalue weighted by atomic mass is 10.1. The summed E-state index contributed by atoms with van der Waals surface area (Å²) in [5, 5.41) is 2.97. The van der Waals surface area contributed by atoms with E-state index >= 15 is 0 Å². The molecule has 22 heavy (non-hydrogen) atoms. The smallest absolute Gasteiger partial charge is 0.163 e. The number of benzene rings is 1. The van der Waals surface area contributed by atoms with Gasteiger partial charge < -0.3 is 5.32 Å². The van der Waals surface area contributed by atoms with Crippen LogP contribution in [0.25, 0.3) is 0 Å². The van der Waals surface area contributed by atoms with Crippen LogP contribution in [0.4, 0.5) is 14.6 Å². The Labute approximate surface area is 128 Å². The molecule has 4 nitrogen and oxygen atoms in total. The number of nitrogens with zero attached hydrogens (tertiary/aromatic N) is 3. The second kappa shape index (κ2) is 6.36. The Bertz CT molecular complexity index is 662. The molecule has 1 aliphatic rings. The molecule has 0 aliphatic carbocycles. The third-order valence-electron chi connectivity index (χ3n) is 4.02. The first-order chi connectivity index (χ1) is 10.7. The first kappa shape index (κ1) is 14.8. The zero-order valence-corrected chi connectivity index (χ0v) is 12.4. The van der Waals surface area contributed by atoms with E-state index in [0.717, 1.165) is 31.1 Å². The van der Waals surface area contributed by atoms with Crippen LogP contribution in [0.2, 0.25) is 0 Å². The first-order valence-electron chi connectivity index (χ1n) is 7.35. The second-order valence-corrected chi connectivity index (χ2v) is 5.42. The molecule has 1 fully saturated rings. The molecule has 3 rings (SSSR count). The predicted molar refractivity (Wildman–Crippen MR) is 80.3 cm³/mol. The SMILES string of the molecule is CNc1cncc([C@@H]2CCCN2Cc2cccc(F)c2F)n1. The molecule has 1 atom stereocenters. The molecule has 2 aromatic rings. The van der Waals surface area contributed by atoms with Gasteiger partial charge in [-0.15, -0.1) is 0 Å². The van der Waals surface area contributed by atoms with Gasteiger partial charge in [0.05, 0.1) is 24.1 Å². The standard InChI is InChI=1S/C16H18F2N4/c1-19-15-9-20-8-13(21-15)14-6-3-7-22(14)10-11-4-2-5-12(17)16(11)18/h2,4-5,8-9,14H,3,6-7,10H2,1H3,(H,19,21)/t14-/m0/s1. The maximum atomic E-state index is 13.9. The lowest BCUT2D eigenvalue weighted by Gasteiger charge is -2.24. The summed E-state index contributed by atoms with van der Waals surface area (Å²) in [5.41, 5.74) is 1.24. The highest BCUT2D eigenvalue weighted by Crippen LogP contribution is 2.32. The number of rotatable bonds is 4. The number of anilines is 1.